The molecule has 1 saturated heterocycles. The molecule has 0 amide bonds. The van der Waals surface area contributed by atoms with Crippen LogP contribution in [0.2, 0.25) is 0 Å². The fourth-order valence-electron chi connectivity index (χ4n) is 3.89. The average Bonchev–Trinajstić information content (AvgIpc) is 3.48. The van der Waals surface area contributed by atoms with Gasteiger partial charge in [-0.1, -0.05) is 18.2 Å². The number of likely N-dealkylation sites (tertiary alicyclic amines) is 1. The number of aryl methyl sites for hydroxylation is 1. The first-order valence-electron chi connectivity index (χ1n) is 11.0. The lowest BCUT2D eigenvalue weighted by atomic mass is 10.0. The SMILES string of the molecule is CCNC(=NCC(c1ccccc1OC)N1CCCC1)NCCCCn1cnnc1.I. The molecule has 0 bridgehead atoms. The van der Waals surface area contributed by atoms with Crippen molar-refractivity contribution < 1.29 is 4.74 Å². The molecule has 31 heavy (non-hydrogen) atoms. The highest BCUT2D eigenvalue weighted by atomic mass is 127. The molecule has 1 aliphatic rings. The summed E-state index contributed by atoms with van der Waals surface area (Å²) in [6.07, 6.45) is 8.15. The van der Waals surface area contributed by atoms with Crippen LogP contribution >= 0.6 is 24.0 Å². The molecule has 2 aromatic rings. The zero-order valence-corrected chi connectivity index (χ0v) is 21.0. The lowest BCUT2D eigenvalue weighted by molar-refractivity contribution is 0.245. The number of unbranched alkanes of at least 4 members (excludes halogenated alkanes) is 1. The first kappa shape index (κ1) is 25.4. The molecule has 1 aliphatic heterocycles. The van der Waals surface area contributed by atoms with Crippen LogP contribution in [0.1, 0.15) is 44.2 Å². The first-order chi connectivity index (χ1) is 14.8. The summed E-state index contributed by atoms with van der Waals surface area (Å²) in [6.45, 7) is 7.70. The molecule has 1 atom stereocenters. The molecular formula is C22H36IN7O. The predicted octanol–water partition coefficient (Wildman–Crippen LogP) is 3.08. The highest BCUT2D eigenvalue weighted by Crippen LogP contribution is 2.31. The van der Waals surface area contributed by atoms with E-state index in [2.05, 4.69) is 44.8 Å². The summed E-state index contributed by atoms with van der Waals surface area (Å²) >= 11 is 0. The number of methoxy groups -OCH3 is 1. The number of nitrogens with one attached hydrogen (secondary N) is 2. The van der Waals surface area contributed by atoms with Gasteiger partial charge in [0.1, 0.15) is 18.4 Å². The van der Waals surface area contributed by atoms with E-state index in [-0.39, 0.29) is 30.0 Å². The molecule has 9 heteroatoms. The molecule has 2 heterocycles. The maximum absolute atomic E-state index is 5.65. The number of para-hydroxylation sites is 1. The fourth-order valence-corrected chi connectivity index (χ4v) is 3.89. The highest BCUT2D eigenvalue weighted by Gasteiger charge is 2.25. The first-order valence-corrected chi connectivity index (χ1v) is 11.0. The Kier molecular flexibility index (Phi) is 11.7. The minimum absolute atomic E-state index is 0. The summed E-state index contributed by atoms with van der Waals surface area (Å²) in [6, 6.07) is 8.55. The van der Waals surface area contributed by atoms with Gasteiger partial charge in [0.15, 0.2) is 5.96 Å². The number of guanidine groups is 1. The zero-order chi connectivity index (χ0) is 21.0. The van der Waals surface area contributed by atoms with Crippen LogP contribution in [-0.4, -0.2) is 65.5 Å². The van der Waals surface area contributed by atoms with Crippen molar-refractivity contribution in [2.75, 3.05) is 39.8 Å². The van der Waals surface area contributed by atoms with E-state index >= 15 is 0 Å². The molecule has 1 aromatic carbocycles. The van der Waals surface area contributed by atoms with E-state index in [9.17, 15) is 0 Å². The molecule has 172 valence electrons. The smallest absolute Gasteiger partial charge is 0.191 e. The third-order valence-corrected chi connectivity index (χ3v) is 5.45. The summed E-state index contributed by atoms with van der Waals surface area (Å²) in [7, 11) is 1.74. The standard InChI is InChI=1S/C22H35N7O.HI/c1-3-23-22(24-12-6-7-13-28-17-26-27-18-28)25-16-20(29-14-8-9-15-29)19-10-4-5-11-21(19)30-2;/h4-5,10-11,17-18,20H,3,6-9,12-16H2,1-2H3,(H2,23,24,25);1H. The van der Waals surface area contributed by atoms with E-state index in [1.54, 1.807) is 19.8 Å². The Labute approximate surface area is 202 Å². The van der Waals surface area contributed by atoms with Crippen LogP contribution in [-0.2, 0) is 6.54 Å². The van der Waals surface area contributed by atoms with Crippen LogP contribution in [0.4, 0.5) is 0 Å². The van der Waals surface area contributed by atoms with E-state index in [1.807, 2.05) is 16.7 Å². The van der Waals surface area contributed by atoms with E-state index in [1.165, 1.54) is 18.4 Å². The molecule has 0 spiro atoms. The van der Waals surface area contributed by atoms with Crippen LogP contribution in [0.5, 0.6) is 5.75 Å². The number of hydrogen-bond donors (Lipinski definition) is 2. The number of rotatable bonds is 11. The minimum Gasteiger partial charge on any atom is -0.496 e. The topological polar surface area (TPSA) is 79.6 Å². The monoisotopic (exact) mass is 541 g/mol. The third kappa shape index (κ3) is 7.95. The lowest BCUT2D eigenvalue weighted by Crippen LogP contribution is -2.39. The van der Waals surface area contributed by atoms with E-state index in [4.69, 9.17) is 9.73 Å². The number of aromatic nitrogens is 3. The van der Waals surface area contributed by atoms with Crippen LogP contribution < -0.4 is 15.4 Å². The molecule has 0 aliphatic carbocycles. The minimum atomic E-state index is 0. The average molecular weight is 541 g/mol. The second-order valence-corrected chi connectivity index (χ2v) is 7.55. The molecule has 0 radical (unpaired) electrons. The predicted molar refractivity (Wildman–Crippen MR) is 135 cm³/mol. The Balaban J connectivity index is 0.00000341. The van der Waals surface area contributed by atoms with E-state index < -0.39 is 0 Å². The van der Waals surface area contributed by atoms with Crippen molar-refractivity contribution in [3.63, 3.8) is 0 Å². The van der Waals surface area contributed by atoms with Crippen molar-refractivity contribution in [1.29, 1.82) is 0 Å². The molecule has 0 saturated carbocycles. The maximum atomic E-state index is 5.65. The normalized spacial score (nSPS) is 15.4. The number of aliphatic imine (C=N–C) groups is 1. The third-order valence-electron chi connectivity index (χ3n) is 5.45. The molecule has 8 nitrogen and oxygen atoms in total. The van der Waals surface area contributed by atoms with Gasteiger partial charge in [0.2, 0.25) is 0 Å². The van der Waals surface area contributed by atoms with Gasteiger partial charge in [-0.25, -0.2) is 0 Å². The Morgan fingerprint density at radius 3 is 2.58 bits per heavy atom. The van der Waals surface area contributed by atoms with Gasteiger partial charge in [0, 0.05) is 25.2 Å². The van der Waals surface area contributed by atoms with Gasteiger partial charge in [0.25, 0.3) is 0 Å². The summed E-state index contributed by atoms with van der Waals surface area (Å²) in [5.74, 6) is 1.82. The quantitative estimate of drug-likeness (QED) is 0.197. The summed E-state index contributed by atoms with van der Waals surface area (Å²) in [5.41, 5.74) is 1.22. The van der Waals surface area contributed by atoms with Gasteiger partial charge in [-0.15, -0.1) is 34.2 Å². The molecule has 3 rings (SSSR count). The van der Waals surface area contributed by atoms with Gasteiger partial charge >= 0.3 is 0 Å². The Hall–Kier alpha value is -1.88. The number of benzene rings is 1. The Morgan fingerprint density at radius 1 is 1.13 bits per heavy atom. The van der Waals surface area contributed by atoms with Crippen LogP contribution in [0.3, 0.4) is 0 Å². The van der Waals surface area contributed by atoms with E-state index in [0.717, 1.165) is 57.3 Å². The lowest BCUT2D eigenvalue weighted by Gasteiger charge is -2.28. The number of ether oxygens (including phenoxy) is 1. The number of nitrogens with zero attached hydrogens (tertiary/aromatic N) is 5. The summed E-state index contributed by atoms with van der Waals surface area (Å²) in [4.78, 5) is 7.46. The second kappa shape index (κ2) is 14.2. The second-order valence-electron chi connectivity index (χ2n) is 7.55. The van der Waals surface area contributed by atoms with Crippen molar-refractivity contribution in [2.45, 2.75) is 45.2 Å². The number of hydrogen-bond acceptors (Lipinski definition) is 5. The van der Waals surface area contributed by atoms with Crippen molar-refractivity contribution in [1.82, 2.24) is 30.3 Å². The van der Waals surface area contributed by atoms with Crippen molar-refractivity contribution in [2.24, 2.45) is 4.99 Å². The highest BCUT2D eigenvalue weighted by molar-refractivity contribution is 14.0. The van der Waals surface area contributed by atoms with Crippen LogP contribution in [0.15, 0.2) is 41.9 Å². The Bertz CT molecular complexity index is 763. The van der Waals surface area contributed by atoms with Crippen LogP contribution in [0.25, 0.3) is 0 Å². The van der Waals surface area contributed by atoms with Gasteiger partial charge in [-0.3, -0.25) is 9.89 Å². The van der Waals surface area contributed by atoms with Gasteiger partial charge in [0.05, 0.1) is 19.7 Å². The molecule has 1 fully saturated rings. The molecule has 1 unspecified atom stereocenters. The van der Waals surface area contributed by atoms with Crippen LogP contribution in [0, 0.1) is 0 Å². The molecule has 1 aromatic heterocycles. The van der Waals surface area contributed by atoms with Gasteiger partial charge in [-0.2, -0.15) is 0 Å². The number of halogens is 1. The maximum Gasteiger partial charge on any atom is 0.191 e. The van der Waals surface area contributed by atoms with Gasteiger partial charge < -0.3 is 19.9 Å². The molecule has 2 N–H and O–H groups in total. The fraction of sp³-hybridized carbons (Fsp3) is 0.591. The van der Waals surface area contributed by atoms with E-state index in [0.29, 0.717) is 6.54 Å². The van der Waals surface area contributed by atoms with Crippen molar-refractivity contribution in [3.05, 3.63) is 42.5 Å². The van der Waals surface area contributed by atoms with Crippen molar-refractivity contribution in [3.8, 4) is 5.75 Å². The van der Waals surface area contributed by atoms with Crippen molar-refractivity contribution >= 4 is 29.9 Å². The summed E-state index contributed by atoms with van der Waals surface area (Å²) < 4.78 is 7.65. The molecular weight excluding hydrogens is 505 g/mol. The largest absolute Gasteiger partial charge is 0.496 e. The Morgan fingerprint density at radius 2 is 1.87 bits per heavy atom. The van der Waals surface area contributed by atoms with Gasteiger partial charge in [-0.05, 0) is 51.8 Å². The zero-order valence-electron chi connectivity index (χ0n) is 18.7. The summed E-state index contributed by atoms with van der Waals surface area (Å²) in [5, 5.41) is 14.5.